The molecule has 0 N–H and O–H groups in total. The second kappa shape index (κ2) is 6.43. The van der Waals surface area contributed by atoms with Crippen molar-refractivity contribution in [3.63, 3.8) is 0 Å². The zero-order chi connectivity index (χ0) is 7.98. The van der Waals surface area contributed by atoms with Crippen molar-refractivity contribution in [3.8, 4) is 0 Å². The molecular weight excluding hydrogens is 244 g/mol. The van der Waals surface area contributed by atoms with Crippen molar-refractivity contribution in [2.75, 3.05) is 0 Å². The van der Waals surface area contributed by atoms with E-state index in [0.717, 1.165) is 17.3 Å². The Hall–Kier alpha value is 0.713. The molecule has 0 aliphatic heterocycles. The second-order valence-electron chi connectivity index (χ2n) is 1.37. The Morgan fingerprint density at radius 2 is 1.50 bits per heavy atom. The summed E-state index contributed by atoms with van der Waals surface area (Å²) in [6, 6.07) is 7.75. The summed E-state index contributed by atoms with van der Waals surface area (Å²) in [5, 5.41) is 1.25. The molecule has 1 rings (SSSR count). The van der Waals surface area contributed by atoms with Gasteiger partial charge >= 0.3 is 27.0 Å². The zero-order valence-corrected chi connectivity index (χ0v) is 10.3. The van der Waals surface area contributed by atoms with Crippen molar-refractivity contribution in [2.45, 2.75) is 0 Å². The van der Waals surface area contributed by atoms with E-state index in [1.54, 1.807) is 18.2 Å². The third-order valence-corrected chi connectivity index (χ3v) is 1.15. The summed E-state index contributed by atoms with van der Waals surface area (Å²) >= 11 is 11.9. The monoisotopic (exact) mass is 244 g/mol. The molecule has 1 aromatic rings. The van der Waals surface area contributed by atoms with Crippen LogP contribution in [0.5, 0.6) is 0 Å². The van der Waals surface area contributed by atoms with Crippen molar-refractivity contribution in [1.82, 2.24) is 0 Å². The van der Waals surface area contributed by atoms with Gasteiger partial charge in [0, 0.05) is 0 Å². The normalized spacial score (nSPS) is 8.10. The van der Waals surface area contributed by atoms with E-state index in [9.17, 15) is 0 Å². The van der Waals surface area contributed by atoms with Gasteiger partial charge in [0.05, 0.1) is 0 Å². The van der Waals surface area contributed by atoms with Crippen molar-refractivity contribution in [2.24, 2.45) is 0 Å². The Morgan fingerprint density at radius 1 is 1.10 bits per heavy atom. The van der Waals surface area contributed by atoms with Crippen LogP contribution in [0.15, 0.2) is 18.2 Å². The van der Waals surface area contributed by atoms with Crippen molar-refractivity contribution in [1.29, 1.82) is 0 Å². The standard InChI is InChI=1S/C6H3Cl2.ClH.Zn/c7-5-2-1-3-6(8)4-5;;/h2-4H;1H;/q-1;;+2/p-1. The summed E-state index contributed by atoms with van der Waals surface area (Å²) in [4.78, 5) is 0. The van der Waals surface area contributed by atoms with Gasteiger partial charge in [0.1, 0.15) is 0 Å². The van der Waals surface area contributed by atoms with Crippen LogP contribution in [0, 0.1) is 6.07 Å². The fraction of sp³-hybridized carbons (Fsp3) is 0. The number of rotatable bonds is 0. The quantitative estimate of drug-likeness (QED) is 0.486. The van der Waals surface area contributed by atoms with Crippen LogP contribution < -0.4 is 0 Å². The van der Waals surface area contributed by atoms with Gasteiger partial charge in [-0.25, -0.2) is 0 Å². The Bertz CT molecular complexity index is 173. The molecule has 0 radical (unpaired) electrons. The molecule has 0 atom stereocenters. The minimum absolute atomic E-state index is 0.623. The van der Waals surface area contributed by atoms with Crippen LogP contribution in [0.3, 0.4) is 0 Å². The van der Waals surface area contributed by atoms with Gasteiger partial charge in [0.2, 0.25) is 0 Å². The molecule has 0 fully saturated rings. The van der Waals surface area contributed by atoms with Crippen LogP contribution in [0.25, 0.3) is 0 Å². The molecule has 4 heteroatoms. The summed E-state index contributed by atoms with van der Waals surface area (Å²) in [6.07, 6.45) is 0. The van der Waals surface area contributed by atoms with E-state index in [0.29, 0.717) is 10.0 Å². The molecule has 0 aromatic heterocycles. The van der Waals surface area contributed by atoms with Crippen LogP contribution in [-0.2, 0) is 17.3 Å². The Balaban J connectivity index is 0.000000371. The number of hydrogen-bond donors (Lipinski definition) is 0. The first-order valence-electron chi connectivity index (χ1n) is 2.38. The maximum atomic E-state index is 5.53. The topological polar surface area (TPSA) is 0 Å². The second-order valence-corrected chi connectivity index (χ2v) is 2.24. The summed E-state index contributed by atoms with van der Waals surface area (Å²) in [5.74, 6) is 0. The predicted molar refractivity (Wildman–Crippen MR) is 41.2 cm³/mol. The van der Waals surface area contributed by atoms with E-state index >= 15 is 0 Å². The molecule has 10 heavy (non-hydrogen) atoms. The first-order chi connectivity index (χ1) is 4.79. The molecule has 0 unspecified atom stereocenters. The van der Waals surface area contributed by atoms with E-state index in [-0.39, 0.29) is 0 Å². The first-order valence-corrected chi connectivity index (χ1v) is 7.03. The molecule has 0 saturated heterocycles. The number of halogens is 3. The number of benzene rings is 1. The van der Waals surface area contributed by atoms with Gasteiger partial charge in [-0.05, 0) is 0 Å². The van der Waals surface area contributed by atoms with Crippen molar-refractivity contribution < 1.29 is 17.3 Å². The van der Waals surface area contributed by atoms with E-state index in [2.05, 4.69) is 6.07 Å². The summed E-state index contributed by atoms with van der Waals surface area (Å²) in [5.41, 5.74) is 0. The summed E-state index contributed by atoms with van der Waals surface area (Å²) in [7, 11) is 4.76. The molecule has 0 aliphatic carbocycles. The third kappa shape index (κ3) is 4.52. The molecular formula is C6H3Cl3Zn. The Labute approximate surface area is 84.2 Å². The Morgan fingerprint density at radius 3 is 1.70 bits per heavy atom. The maximum absolute atomic E-state index is 5.53. The fourth-order valence-corrected chi connectivity index (χ4v) is 0.833. The molecule has 1 aromatic carbocycles. The van der Waals surface area contributed by atoms with Gasteiger partial charge < -0.3 is 0 Å². The first kappa shape index (κ1) is 10.7. The SMILES string of the molecule is Clc1c[c-]cc(Cl)c1.[Cl][Zn+]. The molecule has 50 valence electrons. The van der Waals surface area contributed by atoms with Crippen molar-refractivity contribution >= 4 is 32.9 Å². The van der Waals surface area contributed by atoms with Crippen LogP contribution in [0.1, 0.15) is 0 Å². The van der Waals surface area contributed by atoms with Crippen LogP contribution >= 0.6 is 32.9 Å². The predicted octanol–water partition coefficient (Wildman–Crippen LogP) is 3.48. The summed E-state index contributed by atoms with van der Waals surface area (Å²) < 4.78 is 0. The summed E-state index contributed by atoms with van der Waals surface area (Å²) in [6.45, 7) is 0. The molecule has 0 saturated carbocycles. The minimum atomic E-state index is 0.623. The van der Waals surface area contributed by atoms with E-state index in [1.807, 2.05) is 0 Å². The van der Waals surface area contributed by atoms with E-state index in [4.69, 9.17) is 32.9 Å². The van der Waals surface area contributed by atoms with Crippen LogP contribution in [-0.4, -0.2) is 0 Å². The average Bonchev–Trinajstić information content (AvgIpc) is 1.91. The molecule has 0 nitrogen and oxygen atoms in total. The van der Waals surface area contributed by atoms with Gasteiger partial charge in [0.25, 0.3) is 0 Å². The van der Waals surface area contributed by atoms with Crippen molar-refractivity contribution in [3.05, 3.63) is 34.3 Å². The number of hydrogen-bond acceptors (Lipinski definition) is 0. The van der Waals surface area contributed by atoms with Crippen LogP contribution in [0.2, 0.25) is 10.0 Å². The zero-order valence-electron chi connectivity index (χ0n) is 5.07. The third-order valence-electron chi connectivity index (χ3n) is 0.718. The van der Waals surface area contributed by atoms with Gasteiger partial charge in [0.15, 0.2) is 0 Å². The van der Waals surface area contributed by atoms with E-state index in [1.165, 1.54) is 0 Å². The molecule has 0 amide bonds. The molecule has 0 spiro atoms. The van der Waals surface area contributed by atoms with Gasteiger partial charge in [-0.2, -0.15) is 41.4 Å². The average molecular weight is 247 g/mol. The van der Waals surface area contributed by atoms with E-state index < -0.39 is 0 Å². The molecule has 0 heterocycles. The molecule has 0 bridgehead atoms. The van der Waals surface area contributed by atoms with Gasteiger partial charge in [-0.1, -0.05) is 10.0 Å². The fourth-order valence-electron chi connectivity index (χ4n) is 0.416. The van der Waals surface area contributed by atoms with Gasteiger partial charge in [-0.15, -0.1) is 6.07 Å². The van der Waals surface area contributed by atoms with Gasteiger partial charge in [-0.3, -0.25) is 0 Å². The Kier molecular flexibility index (Phi) is 6.88. The molecule has 0 aliphatic rings. The van der Waals surface area contributed by atoms with Crippen LogP contribution in [0.4, 0.5) is 0 Å².